The van der Waals surface area contributed by atoms with Crippen LogP contribution >= 0.6 is 0 Å². The van der Waals surface area contributed by atoms with Gasteiger partial charge in [0.25, 0.3) is 0 Å². The number of nitrogens with two attached hydrogens (primary N) is 1. The predicted octanol–water partition coefficient (Wildman–Crippen LogP) is 1.33. The maximum atomic E-state index is 11.8. The quantitative estimate of drug-likeness (QED) is 0.677. The van der Waals surface area contributed by atoms with Crippen LogP contribution in [0.3, 0.4) is 0 Å². The second kappa shape index (κ2) is 6.12. The van der Waals surface area contributed by atoms with Gasteiger partial charge in [-0.25, -0.2) is 4.79 Å². The number of aromatic nitrogens is 3. The highest BCUT2D eigenvalue weighted by molar-refractivity contribution is 5.89. The van der Waals surface area contributed by atoms with Gasteiger partial charge in [0.15, 0.2) is 0 Å². The number of amides is 2. The summed E-state index contributed by atoms with van der Waals surface area (Å²) in [5, 5.41) is 11.7. The van der Waals surface area contributed by atoms with Crippen molar-refractivity contribution in [2.75, 3.05) is 18.2 Å². The zero-order valence-corrected chi connectivity index (χ0v) is 12.2. The number of ether oxygens (including phenoxy) is 1. The number of aromatic amines is 1. The van der Waals surface area contributed by atoms with Crippen molar-refractivity contribution < 1.29 is 9.53 Å². The lowest BCUT2D eigenvalue weighted by molar-refractivity contribution is 0.251. The minimum atomic E-state index is -0.339. The minimum Gasteiger partial charge on any atom is -0.496 e. The van der Waals surface area contributed by atoms with Crippen LogP contribution in [-0.4, -0.2) is 28.3 Å². The van der Waals surface area contributed by atoms with E-state index < -0.39 is 0 Å². The fraction of sp³-hybridized carbons (Fsp3) is 0.308. The molecule has 8 nitrogen and oxygen atoms in total. The molecule has 0 saturated carbocycles. The number of urea groups is 1. The van der Waals surface area contributed by atoms with Gasteiger partial charge in [-0.3, -0.25) is 5.10 Å². The van der Waals surface area contributed by atoms with Crippen molar-refractivity contribution in [3.63, 3.8) is 0 Å². The molecule has 2 rings (SSSR count). The van der Waals surface area contributed by atoms with Gasteiger partial charge >= 0.3 is 6.03 Å². The van der Waals surface area contributed by atoms with E-state index in [4.69, 9.17) is 10.5 Å². The summed E-state index contributed by atoms with van der Waals surface area (Å²) in [6, 6.07) is 3.35. The molecule has 0 fully saturated rings. The Balaban J connectivity index is 1.96. The lowest BCUT2D eigenvalue weighted by Crippen LogP contribution is -2.28. The van der Waals surface area contributed by atoms with Crippen LogP contribution in [0.4, 0.5) is 16.4 Å². The van der Waals surface area contributed by atoms with Crippen LogP contribution < -0.4 is 21.1 Å². The number of carbonyl (C=O) groups is 1. The number of hydrogen-bond acceptors (Lipinski definition) is 5. The average Bonchev–Trinajstić information content (AvgIpc) is 2.82. The Kier molecular flexibility index (Phi) is 4.27. The Bertz CT molecular complexity index is 629. The molecule has 0 unspecified atom stereocenters. The van der Waals surface area contributed by atoms with E-state index >= 15 is 0 Å². The fourth-order valence-corrected chi connectivity index (χ4v) is 2.07. The van der Waals surface area contributed by atoms with Gasteiger partial charge in [0.1, 0.15) is 11.6 Å². The first-order chi connectivity index (χ1) is 9.99. The summed E-state index contributed by atoms with van der Waals surface area (Å²) in [5.41, 5.74) is 7.98. The normalized spacial score (nSPS) is 10.2. The Labute approximate surface area is 122 Å². The molecule has 0 aliphatic carbocycles. The van der Waals surface area contributed by atoms with Crippen molar-refractivity contribution in [3.05, 3.63) is 29.1 Å². The Morgan fingerprint density at radius 2 is 2.05 bits per heavy atom. The monoisotopic (exact) mass is 290 g/mol. The van der Waals surface area contributed by atoms with Gasteiger partial charge in [0, 0.05) is 5.69 Å². The zero-order chi connectivity index (χ0) is 15.4. The van der Waals surface area contributed by atoms with Crippen molar-refractivity contribution >= 4 is 17.7 Å². The molecule has 0 saturated heterocycles. The van der Waals surface area contributed by atoms with Crippen molar-refractivity contribution in [2.45, 2.75) is 20.4 Å². The summed E-state index contributed by atoms with van der Waals surface area (Å²) in [4.78, 5) is 15.7. The summed E-state index contributed by atoms with van der Waals surface area (Å²) in [5.74, 6) is 1.46. The number of benzene rings is 1. The number of nitrogens with zero attached hydrogens (tertiary/aromatic N) is 2. The lowest BCUT2D eigenvalue weighted by Gasteiger charge is -2.12. The van der Waals surface area contributed by atoms with E-state index in [9.17, 15) is 4.79 Å². The smallest absolute Gasteiger partial charge is 0.319 e. The summed E-state index contributed by atoms with van der Waals surface area (Å²) >= 11 is 0. The lowest BCUT2D eigenvalue weighted by atomic mass is 10.1. The second-order valence-electron chi connectivity index (χ2n) is 4.59. The Hall–Kier alpha value is -2.77. The van der Waals surface area contributed by atoms with E-state index in [1.54, 1.807) is 7.11 Å². The number of nitrogen functional groups attached to an aromatic ring is 1. The Morgan fingerprint density at radius 3 is 2.57 bits per heavy atom. The number of H-pyrrole nitrogens is 1. The summed E-state index contributed by atoms with van der Waals surface area (Å²) in [6.07, 6.45) is 0. The molecule has 0 bridgehead atoms. The van der Waals surface area contributed by atoms with Gasteiger partial charge in [-0.2, -0.15) is 4.98 Å². The SMILES string of the molecule is COc1c(C)cc(NC(=O)NCc2nc(N)n[nH]2)cc1C. The third kappa shape index (κ3) is 3.62. The molecule has 0 spiro atoms. The third-order valence-electron chi connectivity index (χ3n) is 2.89. The number of methoxy groups -OCH3 is 1. The van der Waals surface area contributed by atoms with Crippen LogP contribution in [0.2, 0.25) is 0 Å². The van der Waals surface area contributed by atoms with Gasteiger partial charge in [0.2, 0.25) is 5.95 Å². The molecule has 1 aromatic heterocycles. The average molecular weight is 290 g/mol. The molecule has 0 radical (unpaired) electrons. The van der Waals surface area contributed by atoms with E-state index in [1.807, 2.05) is 26.0 Å². The van der Waals surface area contributed by atoms with E-state index in [1.165, 1.54) is 0 Å². The molecule has 8 heteroatoms. The van der Waals surface area contributed by atoms with Gasteiger partial charge in [0.05, 0.1) is 13.7 Å². The first kappa shape index (κ1) is 14.6. The van der Waals surface area contributed by atoms with Gasteiger partial charge in [-0.15, -0.1) is 5.10 Å². The van der Waals surface area contributed by atoms with Crippen LogP contribution in [0.15, 0.2) is 12.1 Å². The molecule has 21 heavy (non-hydrogen) atoms. The molecule has 0 aliphatic heterocycles. The van der Waals surface area contributed by atoms with Gasteiger partial charge < -0.3 is 21.1 Å². The summed E-state index contributed by atoms with van der Waals surface area (Å²) in [7, 11) is 1.62. The number of carbonyl (C=O) groups excluding carboxylic acids is 1. The van der Waals surface area contributed by atoms with Gasteiger partial charge in [-0.05, 0) is 37.1 Å². The molecule has 2 amide bonds. The molecular weight excluding hydrogens is 272 g/mol. The van der Waals surface area contributed by atoms with Crippen molar-refractivity contribution in [3.8, 4) is 5.75 Å². The molecule has 1 heterocycles. The highest BCUT2D eigenvalue weighted by atomic mass is 16.5. The standard InChI is InChI=1S/C13H18N6O2/c1-7-4-9(5-8(2)11(7)21-3)16-13(20)15-6-10-17-12(14)19-18-10/h4-5H,6H2,1-3H3,(H2,15,16,20)(H3,14,17,18,19). The molecule has 112 valence electrons. The van der Waals surface area contributed by atoms with Crippen LogP contribution in [0.5, 0.6) is 5.75 Å². The van der Waals surface area contributed by atoms with E-state index in [-0.39, 0.29) is 18.5 Å². The Morgan fingerprint density at radius 1 is 1.38 bits per heavy atom. The maximum Gasteiger partial charge on any atom is 0.319 e. The maximum absolute atomic E-state index is 11.8. The summed E-state index contributed by atoms with van der Waals surface area (Å²) < 4.78 is 5.28. The second-order valence-corrected chi connectivity index (χ2v) is 4.59. The van der Waals surface area contributed by atoms with Crippen LogP contribution in [0.1, 0.15) is 17.0 Å². The first-order valence-electron chi connectivity index (χ1n) is 6.36. The fourth-order valence-electron chi connectivity index (χ4n) is 2.07. The highest BCUT2D eigenvalue weighted by Crippen LogP contribution is 2.26. The number of aryl methyl sites for hydroxylation is 2. The number of nitrogens with one attached hydrogen (secondary N) is 3. The number of anilines is 2. The van der Waals surface area contributed by atoms with E-state index in [2.05, 4.69) is 25.8 Å². The first-order valence-corrected chi connectivity index (χ1v) is 6.36. The molecule has 0 aliphatic rings. The van der Waals surface area contributed by atoms with E-state index in [0.29, 0.717) is 11.5 Å². The number of rotatable bonds is 4. The molecule has 5 N–H and O–H groups in total. The van der Waals surface area contributed by atoms with E-state index in [0.717, 1.165) is 16.9 Å². The highest BCUT2D eigenvalue weighted by Gasteiger charge is 2.08. The topological polar surface area (TPSA) is 118 Å². The third-order valence-corrected chi connectivity index (χ3v) is 2.89. The van der Waals surface area contributed by atoms with Crippen molar-refractivity contribution in [2.24, 2.45) is 0 Å². The van der Waals surface area contributed by atoms with Crippen molar-refractivity contribution in [1.82, 2.24) is 20.5 Å². The van der Waals surface area contributed by atoms with Crippen molar-refractivity contribution in [1.29, 1.82) is 0 Å². The predicted molar refractivity (Wildman–Crippen MR) is 79.1 cm³/mol. The molecule has 1 aromatic carbocycles. The zero-order valence-electron chi connectivity index (χ0n) is 12.2. The molecular formula is C13H18N6O2. The largest absolute Gasteiger partial charge is 0.496 e. The van der Waals surface area contributed by atoms with Crippen LogP contribution in [-0.2, 0) is 6.54 Å². The number of hydrogen-bond donors (Lipinski definition) is 4. The molecule has 2 aromatic rings. The summed E-state index contributed by atoms with van der Waals surface area (Å²) in [6.45, 7) is 4.06. The van der Waals surface area contributed by atoms with Crippen LogP contribution in [0, 0.1) is 13.8 Å². The minimum absolute atomic E-state index is 0.147. The molecule has 0 atom stereocenters. The van der Waals surface area contributed by atoms with Gasteiger partial charge in [-0.1, -0.05) is 0 Å². The van der Waals surface area contributed by atoms with Crippen LogP contribution in [0.25, 0.3) is 0 Å².